The molecule has 2 aromatic carbocycles. The van der Waals surface area contributed by atoms with E-state index in [1.54, 1.807) is 0 Å². The quantitative estimate of drug-likeness (QED) is 0.480. The molecule has 0 saturated heterocycles. The molecular weight excluding hydrogens is 430 g/mol. The first kappa shape index (κ1) is 24.2. The van der Waals surface area contributed by atoms with E-state index in [1.807, 2.05) is 0 Å². The van der Waals surface area contributed by atoms with Crippen molar-refractivity contribution >= 4 is 12.4 Å². The lowest BCUT2D eigenvalue weighted by molar-refractivity contribution is -0.288. The molecule has 0 spiro atoms. The molecule has 0 aromatic heterocycles. The fraction of sp³-hybridized carbons (Fsp3) is 0.333. The van der Waals surface area contributed by atoms with E-state index in [1.165, 1.54) is 13.8 Å². The molecule has 0 aliphatic rings. The van der Waals surface area contributed by atoms with Gasteiger partial charge in [0.1, 0.15) is 5.75 Å². The zero-order valence-corrected chi connectivity index (χ0v) is 16.8. The Labute approximate surface area is 173 Å². The smallest absolute Gasteiger partial charge is 0.411 e. The summed E-state index contributed by atoms with van der Waals surface area (Å²) in [5.74, 6) is -1.61. The first-order valence-corrected chi connectivity index (χ1v) is 8.80. The first-order valence-electron chi connectivity index (χ1n) is 8.80. The van der Waals surface area contributed by atoms with Gasteiger partial charge in [-0.15, -0.1) is 0 Å². The van der Waals surface area contributed by atoms with Crippen molar-refractivity contribution in [3.05, 3.63) is 63.2 Å². The monoisotopic (exact) mass is 448 g/mol. The molecule has 0 aliphatic heterocycles. The molecule has 0 radical (unpaired) electrons. The fourth-order valence-corrected chi connectivity index (χ4v) is 3.90. The van der Waals surface area contributed by atoms with Gasteiger partial charge in [0.25, 0.3) is 6.47 Å². The van der Waals surface area contributed by atoms with E-state index in [9.17, 15) is 41.0 Å². The SMILES string of the molecule is Cc1cc(C(c2cc(C)c(C(=O)O)c(C)c2)(C(F)(F)F)C(F)(F)F)cc(C)c1OC=O. The summed E-state index contributed by atoms with van der Waals surface area (Å²) in [5.41, 5.74) is -7.78. The molecule has 2 rings (SSSR count). The number of alkyl halides is 6. The molecule has 2 aromatic rings. The highest BCUT2D eigenvalue weighted by molar-refractivity contribution is 5.91. The highest BCUT2D eigenvalue weighted by atomic mass is 19.4. The third-order valence-corrected chi connectivity index (χ3v) is 5.09. The Bertz CT molecular complexity index is 977. The molecule has 1 N–H and O–H groups in total. The number of benzene rings is 2. The third-order valence-electron chi connectivity index (χ3n) is 5.09. The van der Waals surface area contributed by atoms with Crippen molar-refractivity contribution in [2.75, 3.05) is 0 Å². The van der Waals surface area contributed by atoms with Crippen LogP contribution in [-0.4, -0.2) is 29.9 Å². The van der Waals surface area contributed by atoms with Gasteiger partial charge < -0.3 is 9.84 Å². The number of carbonyl (C=O) groups excluding carboxylic acids is 1. The van der Waals surface area contributed by atoms with Crippen molar-refractivity contribution in [2.24, 2.45) is 0 Å². The van der Waals surface area contributed by atoms with Gasteiger partial charge in [-0.1, -0.05) is 24.3 Å². The Morgan fingerprint density at radius 2 is 1.16 bits per heavy atom. The van der Waals surface area contributed by atoms with Crippen LogP contribution in [0.5, 0.6) is 5.75 Å². The molecular formula is C21H18F6O4. The number of carboxylic acid groups (broad SMARTS) is 1. The van der Waals surface area contributed by atoms with Crippen LogP contribution in [0.15, 0.2) is 24.3 Å². The average molecular weight is 448 g/mol. The number of ether oxygens (including phenoxy) is 1. The van der Waals surface area contributed by atoms with Gasteiger partial charge in [-0.25, -0.2) is 4.79 Å². The van der Waals surface area contributed by atoms with Gasteiger partial charge in [0.2, 0.25) is 5.41 Å². The summed E-state index contributed by atoms with van der Waals surface area (Å²) < 4.78 is 90.8. The third kappa shape index (κ3) is 3.86. The van der Waals surface area contributed by atoms with E-state index < -0.39 is 34.9 Å². The second-order valence-electron chi connectivity index (χ2n) is 7.19. The number of halogens is 6. The van der Waals surface area contributed by atoms with Crippen LogP contribution in [0.3, 0.4) is 0 Å². The summed E-state index contributed by atoms with van der Waals surface area (Å²) >= 11 is 0. The standard InChI is InChI=1S/C21H18F6O4/c1-10-5-14(6-11(2)16(10)18(29)30)19(20(22,23)24,21(25,26)27)15-7-12(3)17(31-9-28)13(4)8-15/h5-9H,1-4H3,(H,29,30). The number of hydrogen-bond donors (Lipinski definition) is 1. The number of aryl methyl sites for hydroxylation is 4. The van der Waals surface area contributed by atoms with Crippen molar-refractivity contribution in [3.8, 4) is 5.75 Å². The average Bonchev–Trinajstić information content (AvgIpc) is 2.55. The van der Waals surface area contributed by atoms with E-state index >= 15 is 0 Å². The van der Waals surface area contributed by atoms with Gasteiger partial charge in [0, 0.05) is 0 Å². The van der Waals surface area contributed by atoms with Crippen LogP contribution in [0.4, 0.5) is 26.3 Å². The van der Waals surface area contributed by atoms with E-state index in [0.29, 0.717) is 24.3 Å². The molecule has 0 fully saturated rings. The lowest BCUT2D eigenvalue weighted by Gasteiger charge is -2.39. The van der Waals surface area contributed by atoms with Crippen molar-refractivity contribution < 1.29 is 45.8 Å². The molecule has 31 heavy (non-hydrogen) atoms. The Balaban J connectivity index is 3.05. The summed E-state index contributed by atoms with van der Waals surface area (Å²) in [6.45, 7) is 4.73. The molecule has 0 bridgehead atoms. The van der Waals surface area contributed by atoms with Crippen LogP contribution in [-0.2, 0) is 10.2 Å². The highest BCUT2D eigenvalue weighted by Crippen LogP contribution is 2.57. The molecule has 0 atom stereocenters. The van der Waals surface area contributed by atoms with Gasteiger partial charge in [-0.3, -0.25) is 4.79 Å². The fourth-order valence-electron chi connectivity index (χ4n) is 3.90. The maximum absolute atomic E-state index is 14.4. The molecule has 0 aliphatic carbocycles. The minimum atomic E-state index is -5.83. The van der Waals surface area contributed by atoms with E-state index in [4.69, 9.17) is 0 Å². The Morgan fingerprint density at radius 1 is 0.806 bits per heavy atom. The second-order valence-corrected chi connectivity index (χ2v) is 7.19. The normalized spacial score (nSPS) is 12.6. The van der Waals surface area contributed by atoms with Gasteiger partial charge in [0.05, 0.1) is 5.56 Å². The van der Waals surface area contributed by atoms with E-state index in [-0.39, 0.29) is 40.0 Å². The number of hydrogen-bond acceptors (Lipinski definition) is 3. The lowest BCUT2D eigenvalue weighted by atomic mass is 9.71. The van der Waals surface area contributed by atoms with Crippen LogP contribution < -0.4 is 4.74 Å². The lowest BCUT2D eigenvalue weighted by Crippen LogP contribution is -2.55. The van der Waals surface area contributed by atoms with Gasteiger partial charge in [0.15, 0.2) is 0 Å². The van der Waals surface area contributed by atoms with E-state index in [2.05, 4.69) is 4.74 Å². The molecule has 0 unspecified atom stereocenters. The number of aromatic carboxylic acids is 1. The number of carboxylic acids is 1. The summed E-state index contributed by atoms with van der Waals surface area (Å²) in [5, 5.41) is 9.24. The van der Waals surface area contributed by atoms with Crippen LogP contribution in [0.1, 0.15) is 43.7 Å². The van der Waals surface area contributed by atoms with E-state index in [0.717, 1.165) is 13.8 Å². The predicted molar refractivity (Wildman–Crippen MR) is 98.4 cm³/mol. The van der Waals surface area contributed by atoms with Crippen LogP contribution in [0.2, 0.25) is 0 Å². The molecule has 4 nitrogen and oxygen atoms in total. The highest BCUT2D eigenvalue weighted by Gasteiger charge is 2.72. The summed E-state index contributed by atoms with van der Waals surface area (Å²) in [6, 6.07) is 2.53. The van der Waals surface area contributed by atoms with Crippen LogP contribution in [0, 0.1) is 27.7 Å². The minimum Gasteiger partial charge on any atom is -0.478 e. The number of carbonyl (C=O) groups is 2. The largest absolute Gasteiger partial charge is 0.478 e. The van der Waals surface area contributed by atoms with Gasteiger partial charge >= 0.3 is 18.3 Å². The number of rotatable bonds is 5. The zero-order chi connectivity index (χ0) is 23.9. The molecule has 0 saturated carbocycles. The molecule has 0 amide bonds. The van der Waals surface area contributed by atoms with Gasteiger partial charge in [-0.2, -0.15) is 26.3 Å². The maximum atomic E-state index is 14.4. The van der Waals surface area contributed by atoms with Crippen molar-refractivity contribution in [3.63, 3.8) is 0 Å². The molecule has 10 heteroatoms. The van der Waals surface area contributed by atoms with Crippen molar-refractivity contribution in [2.45, 2.75) is 45.5 Å². The Hall–Kier alpha value is -3.04. The Kier molecular flexibility index (Phi) is 6.17. The summed E-state index contributed by atoms with van der Waals surface area (Å²) in [7, 11) is 0. The second kappa shape index (κ2) is 7.90. The topological polar surface area (TPSA) is 63.6 Å². The zero-order valence-electron chi connectivity index (χ0n) is 16.8. The summed E-state index contributed by atoms with van der Waals surface area (Å²) in [6.07, 6.45) is -11.7. The predicted octanol–water partition coefficient (Wildman–Crippen LogP) is 5.56. The van der Waals surface area contributed by atoms with Gasteiger partial charge in [-0.05, 0) is 61.1 Å². The van der Waals surface area contributed by atoms with Crippen LogP contribution in [0.25, 0.3) is 0 Å². The first-order chi connectivity index (χ1) is 14.1. The molecule has 168 valence electrons. The Morgan fingerprint density at radius 3 is 1.45 bits per heavy atom. The minimum absolute atomic E-state index is 0.0210. The summed E-state index contributed by atoms with van der Waals surface area (Å²) in [4.78, 5) is 22.0. The molecule has 0 heterocycles. The van der Waals surface area contributed by atoms with Crippen molar-refractivity contribution in [1.29, 1.82) is 0 Å². The maximum Gasteiger partial charge on any atom is 0.411 e. The van der Waals surface area contributed by atoms with Crippen LogP contribution >= 0.6 is 0 Å². The van der Waals surface area contributed by atoms with Crippen molar-refractivity contribution in [1.82, 2.24) is 0 Å².